The minimum atomic E-state index is -0.0970. The van der Waals surface area contributed by atoms with Crippen molar-refractivity contribution in [3.8, 4) is 11.5 Å². The van der Waals surface area contributed by atoms with Crippen LogP contribution in [0.2, 0.25) is 0 Å². The van der Waals surface area contributed by atoms with E-state index in [2.05, 4.69) is 69.9 Å². The maximum atomic E-state index is 13.0. The standard InChI is InChI=1S/C25H27N3O3S/c1-18(26-25(29)19-9-10-21-22(16-19)31-17-30-21)24(23-8-5-15-32-23)28-13-11-27(12-14-28)20-6-3-2-4-7-20/h2-10,15-16,18,24H,11-14,17H2,1H3,(H,26,29)/t18-,24-/m1/s1. The Balaban J connectivity index is 1.29. The van der Waals surface area contributed by atoms with Gasteiger partial charge in [-0.25, -0.2) is 0 Å². The summed E-state index contributed by atoms with van der Waals surface area (Å²) < 4.78 is 10.8. The summed E-state index contributed by atoms with van der Waals surface area (Å²) in [6.07, 6.45) is 0. The predicted molar refractivity (Wildman–Crippen MR) is 127 cm³/mol. The number of carbonyl (C=O) groups is 1. The second kappa shape index (κ2) is 9.22. The summed E-state index contributed by atoms with van der Waals surface area (Å²) >= 11 is 1.75. The van der Waals surface area contributed by atoms with Crippen molar-refractivity contribution >= 4 is 22.9 Å². The number of amides is 1. The van der Waals surface area contributed by atoms with Crippen LogP contribution in [0, 0.1) is 0 Å². The number of hydrogen-bond acceptors (Lipinski definition) is 6. The van der Waals surface area contributed by atoms with E-state index in [1.807, 2.05) is 0 Å². The van der Waals surface area contributed by atoms with Gasteiger partial charge in [0.05, 0.1) is 6.04 Å². The van der Waals surface area contributed by atoms with Crippen LogP contribution in [-0.4, -0.2) is 49.8 Å². The Bertz CT molecular complexity index is 1050. The van der Waals surface area contributed by atoms with Crippen LogP contribution in [0.4, 0.5) is 5.69 Å². The van der Waals surface area contributed by atoms with Gasteiger partial charge < -0.3 is 19.7 Å². The minimum absolute atomic E-state index is 0.0464. The van der Waals surface area contributed by atoms with Crippen molar-refractivity contribution in [3.05, 3.63) is 76.5 Å². The Morgan fingerprint density at radius 1 is 0.969 bits per heavy atom. The fraction of sp³-hybridized carbons (Fsp3) is 0.320. The molecular weight excluding hydrogens is 422 g/mol. The van der Waals surface area contributed by atoms with E-state index in [0.29, 0.717) is 17.1 Å². The van der Waals surface area contributed by atoms with E-state index < -0.39 is 0 Å². The summed E-state index contributed by atoms with van der Waals surface area (Å²) in [5, 5.41) is 5.34. The largest absolute Gasteiger partial charge is 0.454 e. The molecule has 0 unspecified atom stereocenters. The second-order valence-electron chi connectivity index (χ2n) is 8.15. The van der Waals surface area contributed by atoms with E-state index in [0.717, 1.165) is 26.2 Å². The molecule has 2 aliphatic heterocycles. The molecule has 6 nitrogen and oxygen atoms in total. The molecule has 0 aliphatic carbocycles. The van der Waals surface area contributed by atoms with Crippen LogP contribution in [0.15, 0.2) is 66.0 Å². The third kappa shape index (κ3) is 4.31. The monoisotopic (exact) mass is 449 g/mol. The van der Waals surface area contributed by atoms with Crippen LogP contribution in [-0.2, 0) is 0 Å². The number of carbonyl (C=O) groups excluding carboxylic acids is 1. The number of para-hydroxylation sites is 1. The van der Waals surface area contributed by atoms with Crippen molar-refractivity contribution in [2.24, 2.45) is 0 Å². The number of anilines is 1. The Hall–Kier alpha value is -3.03. The van der Waals surface area contributed by atoms with Crippen molar-refractivity contribution in [3.63, 3.8) is 0 Å². The number of ether oxygens (including phenoxy) is 2. The van der Waals surface area contributed by atoms with Crippen LogP contribution in [0.25, 0.3) is 0 Å². The van der Waals surface area contributed by atoms with Gasteiger partial charge in [0.2, 0.25) is 6.79 Å². The molecule has 1 aromatic heterocycles. The number of hydrogen-bond donors (Lipinski definition) is 1. The number of nitrogens with zero attached hydrogens (tertiary/aromatic N) is 2. The van der Waals surface area contributed by atoms with Crippen LogP contribution < -0.4 is 19.7 Å². The number of thiophene rings is 1. The van der Waals surface area contributed by atoms with Crippen molar-refractivity contribution in [2.75, 3.05) is 37.9 Å². The fourth-order valence-electron chi connectivity index (χ4n) is 4.51. The molecule has 1 saturated heterocycles. The Morgan fingerprint density at radius 2 is 1.75 bits per heavy atom. The zero-order chi connectivity index (χ0) is 21.9. The zero-order valence-corrected chi connectivity index (χ0v) is 18.9. The average Bonchev–Trinajstić information content (AvgIpc) is 3.52. The van der Waals surface area contributed by atoms with Crippen LogP contribution in [0.3, 0.4) is 0 Å². The molecule has 3 heterocycles. The minimum Gasteiger partial charge on any atom is -0.454 e. The van der Waals surface area contributed by atoms with E-state index in [4.69, 9.17) is 9.47 Å². The van der Waals surface area contributed by atoms with Crippen molar-refractivity contribution in [1.82, 2.24) is 10.2 Å². The quantitative estimate of drug-likeness (QED) is 0.613. The van der Waals surface area contributed by atoms with Crippen LogP contribution in [0.1, 0.15) is 28.2 Å². The maximum Gasteiger partial charge on any atom is 0.251 e. The van der Waals surface area contributed by atoms with E-state index in [1.54, 1.807) is 29.5 Å². The first-order chi connectivity index (χ1) is 15.7. The molecule has 0 bridgehead atoms. The first kappa shape index (κ1) is 20.8. The first-order valence-corrected chi connectivity index (χ1v) is 11.8. The molecule has 32 heavy (non-hydrogen) atoms. The highest BCUT2D eigenvalue weighted by molar-refractivity contribution is 7.10. The lowest BCUT2D eigenvalue weighted by molar-refractivity contribution is 0.0890. The molecule has 0 spiro atoms. The molecular formula is C25H27N3O3S. The van der Waals surface area contributed by atoms with E-state index in [1.165, 1.54) is 10.6 Å². The molecule has 166 valence electrons. The molecule has 1 N–H and O–H groups in total. The smallest absolute Gasteiger partial charge is 0.251 e. The number of piperazine rings is 1. The van der Waals surface area contributed by atoms with Gasteiger partial charge in [-0.05, 0) is 48.7 Å². The first-order valence-electron chi connectivity index (χ1n) is 11.0. The SMILES string of the molecule is C[C@@H](NC(=O)c1ccc2c(c1)OCO2)[C@H](c1cccs1)N1CCN(c2ccccc2)CC1. The highest BCUT2D eigenvalue weighted by Crippen LogP contribution is 2.33. The molecule has 2 aromatic carbocycles. The number of rotatable bonds is 6. The van der Waals surface area contributed by atoms with Crippen molar-refractivity contribution in [2.45, 2.75) is 19.0 Å². The molecule has 1 fully saturated rings. The molecule has 1 amide bonds. The summed E-state index contributed by atoms with van der Waals surface area (Å²) in [5.41, 5.74) is 1.85. The lowest BCUT2D eigenvalue weighted by Gasteiger charge is -2.42. The molecule has 3 aromatic rings. The molecule has 2 aliphatic rings. The topological polar surface area (TPSA) is 54.0 Å². The van der Waals surface area contributed by atoms with Gasteiger partial charge in [0.15, 0.2) is 11.5 Å². The number of fused-ring (bicyclic) bond motifs is 1. The van der Waals surface area contributed by atoms with Crippen LogP contribution >= 0.6 is 11.3 Å². The Kier molecular flexibility index (Phi) is 6.01. The zero-order valence-electron chi connectivity index (χ0n) is 18.1. The van der Waals surface area contributed by atoms with Gasteiger partial charge in [-0.1, -0.05) is 24.3 Å². The van der Waals surface area contributed by atoms with E-state index in [9.17, 15) is 4.79 Å². The molecule has 0 radical (unpaired) electrons. The summed E-state index contributed by atoms with van der Waals surface area (Å²) in [6, 6.07) is 20.2. The van der Waals surface area contributed by atoms with Gasteiger partial charge in [-0.2, -0.15) is 0 Å². The van der Waals surface area contributed by atoms with Crippen molar-refractivity contribution in [1.29, 1.82) is 0 Å². The van der Waals surface area contributed by atoms with Gasteiger partial charge >= 0.3 is 0 Å². The van der Waals surface area contributed by atoms with Crippen LogP contribution in [0.5, 0.6) is 11.5 Å². The highest BCUT2D eigenvalue weighted by atomic mass is 32.1. The fourth-order valence-corrected chi connectivity index (χ4v) is 5.47. The van der Waals surface area contributed by atoms with Crippen molar-refractivity contribution < 1.29 is 14.3 Å². The highest BCUT2D eigenvalue weighted by Gasteiger charge is 2.31. The van der Waals surface area contributed by atoms with Gasteiger partial charge in [-0.15, -0.1) is 11.3 Å². The van der Waals surface area contributed by atoms with Gasteiger partial charge in [-0.3, -0.25) is 9.69 Å². The van der Waals surface area contributed by atoms with E-state index >= 15 is 0 Å². The Morgan fingerprint density at radius 3 is 2.50 bits per heavy atom. The second-order valence-corrected chi connectivity index (χ2v) is 9.13. The lowest BCUT2D eigenvalue weighted by atomic mass is 10.0. The average molecular weight is 450 g/mol. The summed E-state index contributed by atoms with van der Waals surface area (Å²) in [7, 11) is 0. The molecule has 7 heteroatoms. The van der Waals surface area contributed by atoms with Gasteiger partial charge in [0.1, 0.15) is 0 Å². The van der Waals surface area contributed by atoms with Gasteiger partial charge in [0, 0.05) is 48.3 Å². The molecule has 5 rings (SSSR count). The number of nitrogens with one attached hydrogen (secondary N) is 1. The number of benzene rings is 2. The third-order valence-electron chi connectivity index (χ3n) is 6.13. The summed E-state index contributed by atoms with van der Waals surface area (Å²) in [6.45, 7) is 6.12. The molecule has 0 saturated carbocycles. The Labute approximate surface area is 192 Å². The van der Waals surface area contributed by atoms with Gasteiger partial charge in [0.25, 0.3) is 5.91 Å². The normalized spacial score (nSPS) is 17.7. The molecule has 2 atom stereocenters. The lowest BCUT2D eigenvalue weighted by Crippen LogP contribution is -2.52. The maximum absolute atomic E-state index is 13.0. The third-order valence-corrected chi connectivity index (χ3v) is 7.07. The summed E-state index contributed by atoms with van der Waals surface area (Å²) in [5.74, 6) is 1.21. The summed E-state index contributed by atoms with van der Waals surface area (Å²) in [4.78, 5) is 19.2. The predicted octanol–water partition coefficient (Wildman–Crippen LogP) is 4.16. The van der Waals surface area contributed by atoms with E-state index in [-0.39, 0.29) is 24.8 Å².